The number of amides is 4. The normalized spacial score (nSPS) is 14.4. The Morgan fingerprint density at radius 2 is 1.73 bits per heavy atom. The number of barbiturate groups is 1. The Bertz CT molecular complexity index is 1480. The largest absolute Gasteiger partial charge is 0.489 e. The third-order valence-electron chi connectivity index (χ3n) is 5.85. The summed E-state index contributed by atoms with van der Waals surface area (Å²) < 4.78 is 6.00. The van der Waals surface area contributed by atoms with Crippen molar-refractivity contribution >= 4 is 29.6 Å². The van der Waals surface area contributed by atoms with Gasteiger partial charge in [0.1, 0.15) is 17.9 Å². The molecule has 1 heterocycles. The maximum absolute atomic E-state index is 13.3. The molecule has 1 aliphatic rings. The van der Waals surface area contributed by atoms with Crippen LogP contribution in [0.25, 0.3) is 6.08 Å². The molecule has 1 saturated heterocycles. The van der Waals surface area contributed by atoms with Crippen LogP contribution >= 0.6 is 0 Å². The quantitative estimate of drug-likeness (QED) is 0.280. The third-order valence-corrected chi connectivity index (χ3v) is 5.85. The highest BCUT2D eigenvalue weighted by Gasteiger charge is 2.37. The third kappa shape index (κ3) is 5.49. The first kappa shape index (κ1) is 25.1. The molecule has 0 saturated carbocycles. The van der Waals surface area contributed by atoms with Crippen LogP contribution in [0.1, 0.15) is 33.4 Å². The van der Waals surface area contributed by atoms with E-state index < -0.39 is 17.8 Å². The van der Waals surface area contributed by atoms with Crippen molar-refractivity contribution in [1.29, 1.82) is 5.26 Å². The number of urea groups is 1. The van der Waals surface area contributed by atoms with Gasteiger partial charge in [-0.05, 0) is 78.9 Å². The second-order valence-electron chi connectivity index (χ2n) is 8.72. The molecule has 7 nitrogen and oxygen atoms in total. The average Bonchev–Trinajstić information content (AvgIpc) is 2.85. The van der Waals surface area contributed by atoms with Gasteiger partial charge < -0.3 is 4.74 Å². The molecule has 0 aliphatic carbocycles. The van der Waals surface area contributed by atoms with E-state index in [9.17, 15) is 19.6 Å². The zero-order valence-electron chi connectivity index (χ0n) is 20.6. The van der Waals surface area contributed by atoms with Gasteiger partial charge in [0, 0.05) is 5.56 Å². The van der Waals surface area contributed by atoms with Crippen LogP contribution in [0.2, 0.25) is 0 Å². The number of carbonyl (C=O) groups excluding carboxylic acids is 3. The Labute approximate surface area is 215 Å². The summed E-state index contributed by atoms with van der Waals surface area (Å²) in [7, 11) is 0. The van der Waals surface area contributed by atoms with Crippen LogP contribution in [-0.2, 0) is 22.6 Å². The van der Waals surface area contributed by atoms with Gasteiger partial charge in [-0.15, -0.1) is 6.58 Å². The van der Waals surface area contributed by atoms with Gasteiger partial charge in [-0.2, -0.15) is 5.26 Å². The number of allylic oxidation sites excluding steroid dienone is 1. The first-order chi connectivity index (χ1) is 17.8. The van der Waals surface area contributed by atoms with Gasteiger partial charge >= 0.3 is 6.03 Å². The number of benzene rings is 3. The van der Waals surface area contributed by atoms with E-state index in [-0.39, 0.29) is 12.2 Å². The Kier molecular flexibility index (Phi) is 7.31. The predicted molar refractivity (Wildman–Crippen MR) is 141 cm³/mol. The fraction of sp³-hybridized carbons (Fsp3) is 0.133. The van der Waals surface area contributed by atoms with Crippen molar-refractivity contribution in [2.75, 3.05) is 4.90 Å². The molecule has 3 aromatic carbocycles. The molecule has 37 heavy (non-hydrogen) atoms. The Morgan fingerprint density at radius 1 is 1.00 bits per heavy atom. The minimum atomic E-state index is -0.786. The van der Waals surface area contributed by atoms with Crippen LogP contribution < -0.4 is 15.0 Å². The molecule has 1 aliphatic heterocycles. The van der Waals surface area contributed by atoms with Crippen LogP contribution in [0.15, 0.2) is 78.9 Å². The minimum absolute atomic E-state index is 0.153. The number of hydrogen-bond donors (Lipinski definition) is 1. The number of hydrogen-bond acceptors (Lipinski definition) is 5. The highest BCUT2D eigenvalue weighted by molar-refractivity contribution is 6.39. The molecular formula is C30H25N3O4. The number of anilines is 1. The Balaban J connectivity index is 1.64. The molecule has 4 rings (SSSR count). The predicted octanol–water partition coefficient (Wildman–Crippen LogP) is 5.15. The van der Waals surface area contributed by atoms with E-state index in [4.69, 9.17) is 4.74 Å². The number of nitrogens with one attached hydrogen (secondary N) is 1. The fourth-order valence-corrected chi connectivity index (χ4v) is 4.19. The lowest BCUT2D eigenvalue weighted by Gasteiger charge is -2.27. The molecule has 0 unspecified atom stereocenters. The number of nitriles is 1. The minimum Gasteiger partial charge on any atom is -0.489 e. The summed E-state index contributed by atoms with van der Waals surface area (Å²) in [5.41, 5.74) is 4.71. The molecule has 0 aromatic heterocycles. The number of carbonyl (C=O) groups is 3. The first-order valence-electron chi connectivity index (χ1n) is 11.6. The summed E-state index contributed by atoms with van der Waals surface area (Å²) in [6.07, 6.45) is 3.67. The zero-order valence-corrected chi connectivity index (χ0v) is 20.6. The van der Waals surface area contributed by atoms with E-state index in [0.717, 1.165) is 27.2 Å². The summed E-state index contributed by atoms with van der Waals surface area (Å²) in [5.74, 6) is -0.854. The summed E-state index contributed by atoms with van der Waals surface area (Å²) in [6, 6.07) is 19.2. The summed E-state index contributed by atoms with van der Waals surface area (Å²) in [5, 5.41) is 11.6. The number of ether oxygens (including phenoxy) is 1. The van der Waals surface area contributed by atoms with Crippen molar-refractivity contribution in [3.05, 3.63) is 112 Å². The van der Waals surface area contributed by atoms with Crippen LogP contribution in [0.3, 0.4) is 0 Å². The van der Waals surface area contributed by atoms with Crippen molar-refractivity contribution in [1.82, 2.24) is 5.32 Å². The lowest BCUT2D eigenvalue weighted by Crippen LogP contribution is -2.54. The van der Waals surface area contributed by atoms with Gasteiger partial charge in [0.25, 0.3) is 11.8 Å². The van der Waals surface area contributed by atoms with Gasteiger partial charge in [0.15, 0.2) is 0 Å². The molecule has 1 fully saturated rings. The second kappa shape index (κ2) is 10.8. The summed E-state index contributed by atoms with van der Waals surface area (Å²) >= 11 is 0. The monoisotopic (exact) mass is 491 g/mol. The molecule has 0 spiro atoms. The second-order valence-corrected chi connectivity index (χ2v) is 8.72. The van der Waals surface area contributed by atoms with E-state index in [1.807, 2.05) is 32.0 Å². The maximum atomic E-state index is 13.3. The number of aryl methyl sites for hydroxylation is 2. The lowest BCUT2D eigenvalue weighted by atomic mass is 10.0. The number of nitrogens with zero attached hydrogens (tertiary/aromatic N) is 2. The molecule has 4 amide bonds. The zero-order chi connectivity index (χ0) is 26.5. The topological polar surface area (TPSA) is 99.5 Å². The Morgan fingerprint density at radius 3 is 2.43 bits per heavy atom. The van der Waals surface area contributed by atoms with Crippen LogP contribution in [-0.4, -0.2) is 17.8 Å². The van der Waals surface area contributed by atoms with Gasteiger partial charge in [-0.25, -0.2) is 9.69 Å². The van der Waals surface area contributed by atoms with Gasteiger partial charge in [-0.1, -0.05) is 36.4 Å². The van der Waals surface area contributed by atoms with Crippen molar-refractivity contribution in [3.63, 3.8) is 0 Å². The highest BCUT2D eigenvalue weighted by atomic mass is 16.5. The van der Waals surface area contributed by atoms with E-state index in [0.29, 0.717) is 29.0 Å². The van der Waals surface area contributed by atoms with E-state index in [1.54, 1.807) is 48.5 Å². The standard InChI is InChI=1S/C30H25N3O4/c1-4-7-22-15-21(10-11-27(22)37-18-24-9-6-5-8-23(24)17-31)16-26-28(34)32-30(36)33(29(26)35)25-13-19(2)12-20(3)14-25/h4-6,8-16H,1,7,18H2,2-3H3,(H,32,34,36)/b26-16+. The SMILES string of the molecule is C=CCc1cc(/C=C2\C(=O)NC(=O)N(c3cc(C)cc(C)c3)C2=O)ccc1OCc1ccccc1C#N. The molecule has 1 N–H and O–H groups in total. The van der Waals surface area contributed by atoms with Crippen LogP contribution in [0.4, 0.5) is 10.5 Å². The van der Waals surface area contributed by atoms with Gasteiger partial charge in [0.2, 0.25) is 0 Å². The van der Waals surface area contributed by atoms with Crippen LogP contribution in [0, 0.1) is 25.2 Å². The van der Waals surface area contributed by atoms with Crippen molar-refractivity contribution in [2.24, 2.45) is 0 Å². The lowest BCUT2D eigenvalue weighted by molar-refractivity contribution is -0.122. The van der Waals surface area contributed by atoms with Crippen molar-refractivity contribution in [3.8, 4) is 11.8 Å². The summed E-state index contributed by atoms with van der Waals surface area (Å²) in [6.45, 7) is 7.75. The van der Waals surface area contributed by atoms with Gasteiger partial charge in [0.05, 0.1) is 17.3 Å². The molecule has 7 heteroatoms. The van der Waals surface area contributed by atoms with Gasteiger partial charge in [-0.3, -0.25) is 14.9 Å². The molecule has 0 bridgehead atoms. The molecular weight excluding hydrogens is 466 g/mol. The molecule has 0 radical (unpaired) electrons. The van der Waals surface area contributed by atoms with E-state index in [1.165, 1.54) is 6.08 Å². The first-order valence-corrected chi connectivity index (χ1v) is 11.6. The molecule has 184 valence electrons. The Hall–Kier alpha value is -4.96. The van der Waals surface area contributed by atoms with E-state index in [2.05, 4.69) is 18.0 Å². The fourth-order valence-electron chi connectivity index (χ4n) is 4.19. The van der Waals surface area contributed by atoms with Crippen LogP contribution in [0.5, 0.6) is 5.75 Å². The van der Waals surface area contributed by atoms with E-state index >= 15 is 0 Å². The average molecular weight is 492 g/mol. The maximum Gasteiger partial charge on any atom is 0.335 e. The smallest absolute Gasteiger partial charge is 0.335 e. The van der Waals surface area contributed by atoms with Crippen molar-refractivity contribution < 1.29 is 19.1 Å². The number of rotatable bonds is 7. The van der Waals surface area contributed by atoms with Crippen molar-refractivity contribution in [2.45, 2.75) is 26.9 Å². The summed E-state index contributed by atoms with van der Waals surface area (Å²) in [4.78, 5) is 39.4. The number of imide groups is 2. The molecule has 0 atom stereocenters. The highest BCUT2D eigenvalue weighted by Crippen LogP contribution is 2.27. The molecule has 3 aromatic rings.